The molecule has 19 heavy (non-hydrogen) atoms. The minimum atomic E-state index is 0.295. The van der Waals surface area contributed by atoms with Gasteiger partial charge < -0.3 is 10.1 Å². The molecule has 0 saturated carbocycles. The van der Waals surface area contributed by atoms with Gasteiger partial charge in [-0.15, -0.1) is 11.3 Å². The molecular formula is C13H16ClN3OS. The van der Waals surface area contributed by atoms with Gasteiger partial charge in [0.1, 0.15) is 10.6 Å². The van der Waals surface area contributed by atoms with E-state index in [0.29, 0.717) is 17.4 Å². The molecule has 3 rings (SSSR count). The average Bonchev–Trinajstić information content (AvgIpc) is 2.69. The first-order valence-corrected chi connectivity index (χ1v) is 7.63. The molecule has 0 aliphatic carbocycles. The molecule has 0 amide bonds. The maximum absolute atomic E-state index is 6.00. The molecule has 1 fully saturated rings. The number of nitrogens with one attached hydrogen (secondary N) is 1. The molecule has 102 valence electrons. The van der Waals surface area contributed by atoms with E-state index in [2.05, 4.69) is 35.2 Å². The van der Waals surface area contributed by atoms with Gasteiger partial charge in [-0.1, -0.05) is 0 Å². The number of aryl methyl sites for hydroxylation is 1. The lowest BCUT2D eigenvalue weighted by Crippen LogP contribution is -2.32. The standard InChI is InChI=1S/C13H16ClN3OS/c1-7-5-9(3-4-18-7)15-11-10-6-8(2)19-12(10)17-13(14)16-11/h6-7,9H,3-5H2,1-2H3,(H,15,16,17). The summed E-state index contributed by atoms with van der Waals surface area (Å²) >= 11 is 7.64. The molecule has 6 heteroatoms. The van der Waals surface area contributed by atoms with Crippen LogP contribution in [0.25, 0.3) is 10.2 Å². The van der Waals surface area contributed by atoms with Crippen molar-refractivity contribution in [2.45, 2.75) is 38.8 Å². The summed E-state index contributed by atoms with van der Waals surface area (Å²) in [5.74, 6) is 0.846. The van der Waals surface area contributed by atoms with Gasteiger partial charge in [0.15, 0.2) is 0 Å². The zero-order chi connectivity index (χ0) is 13.4. The molecule has 2 aromatic heterocycles. The van der Waals surface area contributed by atoms with Crippen LogP contribution in [-0.4, -0.2) is 28.7 Å². The van der Waals surface area contributed by atoms with Crippen LogP contribution in [-0.2, 0) is 4.74 Å². The molecule has 1 saturated heterocycles. The molecule has 2 aromatic rings. The van der Waals surface area contributed by atoms with E-state index in [0.717, 1.165) is 35.5 Å². The van der Waals surface area contributed by atoms with E-state index in [1.807, 2.05) is 0 Å². The topological polar surface area (TPSA) is 47.0 Å². The van der Waals surface area contributed by atoms with Gasteiger partial charge >= 0.3 is 0 Å². The molecule has 0 radical (unpaired) electrons. The van der Waals surface area contributed by atoms with E-state index >= 15 is 0 Å². The maximum Gasteiger partial charge on any atom is 0.225 e. The number of fused-ring (bicyclic) bond motifs is 1. The second kappa shape index (κ2) is 5.23. The zero-order valence-electron chi connectivity index (χ0n) is 10.9. The highest BCUT2D eigenvalue weighted by molar-refractivity contribution is 7.18. The summed E-state index contributed by atoms with van der Waals surface area (Å²) in [6.07, 6.45) is 2.28. The predicted molar refractivity (Wildman–Crippen MR) is 79.2 cm³/mol. The monoisotopic (exact) mass is 297 g/mol. The number of halogens is 1. The largest absolute Gasteiger partial charge is 0.378 e. The molecule has 2 unspecified atom stereocenters. The highest BCUT2D eigenvalue weighted by Gasteiger charge is 2.21. The van der Waals surface area contributed by atoms with Crippen molar-refractivity contribution in [1.29, 1.82) is 0 Å². The Bertz CT molecular complexity index is 601. The molecule has 2 atom stereocenters. The summed E-state index contributed by atoms with van der Waals surface area (Å²) in [4.78, 5) is 10.8. The van der Waals surface area contributed by atoms with Crippen molar-refractivity contribution in [3.8, 4) is 0 Å². The number of thiophene rings is 1. The van der Waals surface area contributed by atoms with Crippen LogP contribution < -0.4 is 5.32 Å². The van der Waals surface area contributed by atoms with Crippen molar-refractivity contribution >= 4 is 39.0 Å². The van der Waals surface area contributed by atoms with E-state index in [-0.39, 0.29) is 0 Å². The number of hydrogen-bond donors (Lipinski definition) is 1. The van der Waals surface area contributed by atoms with Crippen molar-refractivity contribution in [2.75, 3.05) is 11.9 Å². The third kappa shape index (κ3) is 2.83. The third-order valence-electron chi connectivity index (χ3n) is 3.31. The molecule has 0 bridgehead atoms. The number of anilines is 1. The molecule has 1 aliphatic rings. The Hall–Kier alpha value is -0.910. The lowest BCUT2D eigenvalue weighted by Gasteiger charge is -2.28. The maximum atomic E-state index is 6.00. The van der Waals surface area contributed by atoms with Crippen LogP contribution in [0.5, 0.6) is 0 Å². The quantitative estimate of drug-likeness (QED) is 0.860. The predicted octanol–water partition coefficient (Wildman–Crippen LogP) is 3.63. The first-order chi connectivity index (χ1) is 9.11. The van der Waals surface area contributed by atoms with Gasteiger partial charge in [-0.25, -0.2) is 9.97 Å². The highest BCUT2D eigenvalue weighted by atomic mass is 35.5. The van der Waals surface area contributed by atoms with E-state index in [1.165, 1.54) is 4.88 Å². The fourth-order valence-electron chi connectivity index (χ4n) is 2.45. The van der Waals surface area contributed by atoms with Gasteiger partial charge in [0.2, 0.25) is 5.28 Å². The van der Waals surface area contributed by atoms with Gasteiger partial charge in [-0.3, -0.25) is 0 Å². The normalized spacial score (nSPS) is 23.7. The lowest BCUT2D eigenvalue weighted by atomic mass is 10.0. The van der Waals surface area contributed by atoms with Crippen LogP contribution in [0.1, 0.15) is 24.6 Å². The molecule has 1 N–H and O–H groups in total. The van der Waals surface area contributed by atoms with Gasteiger partial charge in [-0.05, 0) is 44.4 Å². The van der Waals surface area contributed by atoms with Gasteiger partial charge in [0, 0.05) is 17.5 Å². The average molecular weight is 298 g/mol. The van der Waals surface area contributed by atoms with E-state index < -0.39 is 0 Å². The number of aromatic nitrogens is 2. The zero-order valence-corrected chi connectivity index (χ0v) is 12.5. The fourth-order valence-corrected chi connectivity index (χ4v) is 3.55. The summed E-state index contributed by atoms with van der Waals surface area (Å²) in [5.41, 5.74) is 0. The van der Waals surface area contributed by atoms with Crippen LogP contribution >= 0.6 is 22.9 Å². The Labute approximate surface area is 121 Å². The number of ether oxygens (including phenoxy) is 1. The Balaban J connectivity index is 1.91. The van der Waals surface area contributed by atoms with Crippen LogP contribution in [0.2, 0.25) is 5.28 Å². The molecule has 0 aromatic carbocycles. The first-order valence-electron chi connectivity index (χ1n) is 6.43. The van der Waals surface area contributed by atoms with Crippen molar-refractivity contribution in [3.63, 3.8) is 0 Å². The molecule has 3 heterocycles. The minimum Gasteiger partial charge on any atom is -0.378 e. The Morgan fingerprint density at radius 2 is 2.32 bits per heavy atom. The summed E-state index contributed by atoms with van der Waals surface area (Å²) in [7, 11) is 0. The van der Waals surface area contributed by atoms with Crippen LogP contribution in [0, 0.1) is 6.92 Å². The summed E-state index contributed by atoms with van der Waals surface area (Å²) in [6.45, 7) is 4.97. The third-order valence-corrected chi connectivity index (χ3v) is 4.43. The summed E-state index contributed by atoms with van der Waals surface area (Å²) in [5, 5.41) is 4.86. The van der Waals surface area contributed by atoms with Crippen molar-refractivity contribution in [1.82, 2.24) is 9.97 Å². The highest BCUT2D eigenvalue weighted by Crippen LogP contribution is 2.30. The second-order valence-corrected chi connectivity index (χ2v) is 6.54. The molecule has 0 spiro atoms. The van der Waals surface area contributed by atoms with Gasteiger partial charge in [0.05, 0.1) is 11.5 Å². The van der Waals surface area contributed by atoms with Crippen molar-refractivity contribution in [2.24, 2.45) is 0 Å². The second-order valence-electron chi connectivity index (χ2n) is 4.96. The Kier molecular flexibility index (Phi) is 3.60. The molecule has 1 aliphatic heterocycles. The first kappa shape index (κ1) is 13.1. The Morgan fingerprint density at radius 1 is 1.47 bits per heavy atom. The Morgan fingerprint density at radius 3 is 3.11 bits per heavy atom. The number of hydrogen-bond acceptors (Lipinski definition) is 5. The van der Waals surface area contributed by atoms with E-state index in [9.17, 15) is 0 Å². The fraction of sp³-hybridized carbons (Fsp3) is 0.538. The van der Waals surface area contributed by atoms with Crippen molar-refractivity contribution < 1.29 is 4.74 Å². The summed E-state index contributed by atoms with van der Waals surface area (Å²) < 4.78 is 5.56. The smallest absolute Gasteiger partial charge is 0.225 e. The van der Waals surface area contributed by atoms with Crippen LogP contribution in [0.4, 0.5) is 5.82 Å². The SMILES string of the molecule is Cc1cc2c(NC3CCOC(C)C3)nc(Cl)nc2s1. The molecular weight excluding hydrogens is 282 g/mol. The van der Waals surface area contributed by atoms with Crippen LogP contribution in [0.3, 0.4) is 0 Å². The van der Waals surface area contributed by atoms with Gasteiger partial charge in [0.25, 0.3) is 0 Å². The van der Waals surface area contributed by atoms with Gasteiger partial charge in [-0.2, -0.15) is 0 Å². The summed E-state index contributed by atoms with van der Waals surface area (Å²) in [6, 6.07) is 2.50. The van der Waals surface area contributed by atoms with Crippen molar-refractivity contribution in [3.05, 3.63) is 16.2 Å². The van der Waals surface area contributed by atoms with Crippen LogP contribution in [0.15, 0.2) is 6.07 Å². The lowest BCUT2D eigenvalue weighted by molar-refractivity contribution is 0.0232. The minimum absolute atomic E-state index is 0.295. The van der Waals surface area contributed by atoms with E-state index in [4.69, 9.17) is 16.3 Å². The number of nitrogens with zero attached hydrogens (tertiary/aromatic N) is 2. The molecule has 4 nitrogen and oxygen atoms in total. The van der Waals surface area contributed by atoms with E-state index in [1.54, 1.807) is 11.3 Å². The number of rotatable bonds is 2.